The van der Waals surface area contributed by atoms with Crippen molar-refractivity contribution in [3.63, 3.8) is 0 Å². The number of likely N-dealkylation sites (N-methyl/N-ethyl adjacent to an activating group) is 3. The van der Waals surface area contributed by atoms with Crippen LogP contribution in [-0.4, -0.2) is 74.5 Å². The van der Waals surface area contributed by atoms with Crippen molar-refractivity contribution in [2.75, 3.05) is 34.8 Å². The molecule has 1 unspecified atom stereocenters. The third-order valence-electron chi connectivity index (χ3n) is 4.41. The number of nitrogens with one attached hydrogen (secondary N) is 1. The highest BCUT2D eigenvalue weighted by atomic mass is 16.5. The normalized spacial score (nSPS) is 14.7. The van der Waals surface area contributed by atoms with Gasteiger partial charge in [-0.25, -0.2) is 0 Å². The van der Waals surface area contributed by atoms with Gasteiger partial charge >= 0.3 is 5.97 Å². The first-order valence-corrected chi connectivity index (χ1v) is 8.37. The molecule has 0 aromatic heterocycles. The summed E-state index contributed by atoms with van der Waals surface area (Å²) < 4.78 is 4.61. The van der Waals surface area contributed by atoms with E-state index in [1.54, 1.807) is 21.1 Å². The van der Waals surface area contributed by atoms with Crippen molar-refractivity contribution < 1.29 is 19.1 Å². The number of amides is 2. The van der Waals surface area contributed by atoms with Gasteiger partial charge in [-0.2, -0.15) is 0 Å². The molecular weight excluding hydrogens is 310 g/mol. The number of hydrogen-bond donors (Lipinski definition) is 1. The molecular formula is C17H33N3O4. The molecule has 24 heavy (non-hydrogen) atoms. The van der Waals surface area contributed by atoms with Crippen LogP contribution in [-0.2, 0) is 19.1 Å². The first kappa shape index (κ1) is 22.4. The van der Waals surface area contributed by atoms with Crippen LogP contribution in [0.1, 0.15) is 34.1 Å². The van der Waals surface area contributed by atoms with Gasteiger partial charge < -0.3 is 19.9 Å². The van der Waals surface area contributed by atoms with Gasteiger partial charge in [-0.3, -0.25) is 14.4 Å². The Bertz CT molecular complexity index is 440. The molecule has 0 spiro atoms. The lowest BCUT2D eigenvalue weighted by atomic mass is 9.94. The summed E-state index contributed by atoms with van der Waals surface area (Å²) in [5.74, 6) is -0.804. The van der Waals surface area contributed by atoms with Crippen LogP contribution < -0.4 is 5.32 Å². The summed E-state index contributed by atoms with van der Waals surface area (Å²) in [7, 11) is 6.21. The Labute approximate surface area is 145 Å². The predicted molar refractivity (Wildman–Crippen MR) is 93.4 cm³/mol. The minimum Gasteiger partial charge on any atom is -0.468 e. The number of esters is 1. The Morgan fingerprint density at radius 3 is 2.00 bits per heavy atom. The molecule has 0 heterocycles. The Kier molecular flexibility index (Phi) is 9.58. The molecule has 0 rings (SSSR count). The molecule has 3 atom stereocenters. The zero-order chi connectivity index (χ0) is 19.0. The maximum Gasteiger partial charge on any atom is 0.325 e. The molecule has 0 aromatic carbocycles. The predicted octanol–water partition coefficient (Wildman–Crippen LogP) is 0.735. The molecule has 0 saturated heterocycles. The fourth-order valence-corrected chi connectivity index (χ4v) is 2.67. The van der Waals surface area contributed by atoms with Crippen LogP contribution >= 0.6 is 0 Å². The van der Waals surface area contributed by atoms with E-state index in [1.807, 2.05) is 27.7 Å². The molecule has 7 nitrogen and oxygen atoms in total. The quantitative estimate of drug-likeness (QED) is 0.625. The SMILES string of the molecule is CCC(C)[C@H](C(=O)N(C)CC(=O)OC)N(C)C(=O)[C@H](NC)C(C)C. The lowest BCUT2D eigenvalue weighted by Gasteiger charge is -2.36. The van der Waals surface area contributed by atoms with E-state index in [2.05, 4.69) is 10.1 Å². The van der Waals surface area contributed by atoms with Crippen LogP contribution in [0.15, 0.2) is 0 Å². The summed E-state index contributed by atoms with van der Waals surface area (Å²) in [5.41, 5.74) is 0. The molecule has 0 aliphatic rings. The summed E-state index contributed by atoms with van der Waals surface area (Å²) in [5, 5.41) is 3.01. The van der Waals surface area contributed by atoms with E-state index in [0.717, 1.165) is 6.42 Å². The topological polar surface area (TPSA) is 79.0 Å². The fourth-order valence-electron chi connectivity index (χ4n) is 2.67. The molecule has 0 fully saturated rings. The molecule has 0 bridgehead atoms. The summed E-state index contributed by atoms with van der Waals surface area (Å²) >= 11 is 0. The minimum absolute atomic E-state index is 0.0313. The number of carbonyl (C=O) groups excluding carboxylic acids is 3. The number of carbonyl (C=O) groups is 3. The van der Waals surface area contributed by atoms with Gasteiger partial charge in [0, 0.05) is 14.1 Å². The second-order valence-corrected chi connectivity index (χ2v) is 6.56. The van der Waals surface area contributed by atoms with Crippen molar-refractivity contribution in [3.8, 4) is 0 Å². The molecule has 0 aliphatic carbocycles. The maximum atomic E-state index is 12.8. The van der Waals surface area contributed by atoms with E-state index in [1.165, 1.54) is 16.9 Å². The highest BCUT2D eigenvalue weighted by Gasteiger charge is 2.36. The lowest BCUT2D eigenvalue weighted by Crippen LogP contribution is -2.57. The van der Waals surface area contributed by atoms with Crippen molar-refractivity contribution >= 4 is 17.8 Å². The average Bonchev–Trinajstić information content (AvgIpc) is 2.54. The fraction of sp³-hybridized carbons (Fsp3) is 0.824. The van der Waals surface area contributed by atoms with Crippen molar-refractivity contribution in [2.45, 2.75) is 46.2 Å². The van der Waals surface area contributed by atoms with Crippen LogP contribution in [0.3, 0.4) is 0 Å². The second-order valence-electron chi connectivity index (χ2n) is 6.56. The van der Waals surface area contributed by atoms with Crippen LogP contribution in [0, 0.1) is 11.8 Å². The van der Waals surface area contributed by atoms with Gasteiger partial charge in [-0.15, -0.1) is 0 Å². The van der Waals surface area contributed by atoms with Crippen LogP contribution in [0.25, 0.3) is 0 Å². The van der Waals surface area contributed by atoms with Crippen LogP contribution in [0.2, 0.25) is 0 Å². The number of nitrogens with zero attached hydrogens (tertiary/aromatic N) is 2. The van der Waals surface area contributed by atoms with Crippen molar-refractivity contribution in [1.82, 2.24) is 15.1 Å². The maximum absolute atomic E-state index is 12.8. The first-order valence-electron chi connectivity index (χ1n) is 8.37. The van der Waals surface area contributed by atoms with Gasteiger partial charge in [0.25, 0.3) is 0 Å². The Morgan fingerprint density at radius 2 is 1.62 bits per heavy atom. The van der Waals surface area contributed by atoms with E-state index < -0.39 is 12.0 Å². The van der Waals surface area contributed by atoms with Crippen LogP contribution in [0.4, 0.5) is 0 Å². The largest absolute Gasteiger partial charge is 0.468 e. The summed E-state index contributed by atoms with van der Waals surface area (Å²) in [4.78, 5) is 39.9. The average molecular weight is 343 g/mol. The van der Waals surface area contributed by atoms with Gasteiger partial charge in [0.2, 0.25) is 11.8 Å². The van der Waals surface area contributed by atoms with Gasteiger partial charge in [0.1, 0.15) is 12.6 Å². The third kappa shape index (κ3) is 5.78. The first-order chi connectivity index (χ1) is 11.1. The monoisotopic (exact) mass is 343 g/mol. The Morgan fingerprint density at radius 1 is 1.08 bits per heavy atom. The van der Waals surface area contributed by atoms with E-state index in [-0.39, 0.29) is 36.2 Å². The van der Waals surface area contributed by atoms with Crippen molar-refractivity contribution in [3.05, 3.63) is 0 Å². The number of rotatable bonds is 9. The highest BCUT2D eigenvalue weighted by Crippen LogP contribution is 2.18. The zero-order valence-electron chi connectivity index (χ0n) is 16.3. The van der Waals surface area contributed by atoms with Gasteiger partial charge in [-0.1, -0.05) is 34.1 Å². The standard InChI is InChI=1S/C17H33N3O4/c1-9-12(4)15(17(23)19(6)10-13(21)24-8)20(7)16(22)14(18-5)11(2)3/h11-12,14-15,18H,9-10H2,1-8H3/t12?,14-,15-/m1/s1. The number of hydrogen-bond acceptors (Lipinski definition) is 5. The minimum atomic E-state index is -0.619. The van der Waals surface area contributed by atoms with Gasteiger partial charge in [0.15, 0.2) is 0 Å². The summed E-state index contributed by atoms with van der Waals surface area (Å²) in [6.45, 7) is 7.68. The van der Waals surface area contributed by atoms with E-state index in [0.29, 0.717) is 0 Å². The summed E-state index contributed by atoms with van der Waals surface area (Å²) in [6.07, 6.45) is 0.742. The molecule has 1 N–H and O–H groups in total. The van der Waals surface area contributed by atoms with E-state index in [9.17, 15) is 14.4 Å². The highest BCUT2D eigenvalue weighted by molar-refractivity contribution is 5.91. The molecule has 2 amide bonds. The van der Waals surface area contributed by atoms with Crippen molar-refractivity contribution in [1.29, 1.82) is 0 Å². The summed E-state index contributed by atoms with van der Waals surface area (Å²) in [6, 6.07) is -0.980. The van der Waals surface area contributed by atoms with Crippen molar-refractivity contribution in [2.24, 2.45) is 11.8 Å². The Hall–Kier alpha value is -1.63. The van der Waals surface area contributed by atoms with E-state index in [4.69, 9.17) is 0 Å². The second kappa shape index (κ2) is 10.3. The smallest absolute Gasteiger partial charge is 0.325 e. The zero-order valence-corrected chi connectivity index (χ0v) is 16.3. The van der Waals surface area contributed by atoms with Gasteiger partial charge in [0.05, 0.1) is 13.2 Å². The van der Waals surface area contributed by atoms with E-state index >= 15 is 0 Å². The Balaban J connectivity index is 5.42. The number of ether oxygens (including phenoxy) is 1. The molecule has 0 radical (unpaired) electrons. The molecule has 0 aliphatic heterocycles. The molecule has 0 saturated carbocycles. The molecule has 0 aromatic rings. The lowest BCUT2D eigenvalue weighted by molar-refractivity contribution is -0.151. The molecule has 7 heteroatoms. The van der Waals surface area contributed by atoms with Gasteiger partial charge in [-0.05, 0) is 18.9 Å². The number of methoxy groups -OCH3 is 1. The molecule has 140 valence electrons. The van der Waals surface area contributed by atoms with Crippen LogP contribution in [0.5, 0.6) is 0 Å². The third-order valence-corrected chi connectivity index (χ3v) is 4.41.